The van der Waals surface area contributed by atoms with E-state index < -0.39 is 5.95 Å². The summed E-state index contributed by atoms with van der Waals surface area (Å²) >= 11 is 0. The summed E-state index contributed by atoms with van der Waals surface area (Å²) in [5.74, 6) is 1.40. The molecule has 0 aliphatic carbocycles. The fourth-order valence-electron chi connectivity index (χ4n) is 3.07. The van der Waals surface area contributed by atoms with Gasteiger partial charge in [-0.15, -0.1) is 0 Å². The summed E-state index contributed by atoms with van der Waals surface area (Å²) in [6.07, 6.45) is 3.27. The van der Waals surface area contributed by atoms with E-state index in [-0.39, 0.29) is 7.43 Å². The normalized spacial score (nSPS) is 10.5. The van der Waals surface area contributed by atoms with Crippen molar-refractivity contribution < 1.29 is 13.9 Å². The molecule has 3 aromatic heterocycles. The summed E-state index contributed by atoms with van der Waals surface area (Å²) in [6, 6.07) is 12.5. The van der Waals surface area contributed by atoms with Gasteiger partial charge in [0.2, 0.25) is 5.95 Å². The number of benzene rings is 1. The minimum atomic E-state index is -0.527. The summed E-state index contributed by atoms with van der Waals surface area (Å²) in [6.45, 7) is 4.29. The highest BCUT2D eigenvalue weighted by Crippen LogP contribution is 2.35. The number of hydrogen-bond acceptors (Lipinski definition) is 5. The fraction of sp³-hybridized carbons (Fsp3) is 0.208. The Morgan fingerprint density at radius 1 is 1.00 bits per heavy atom. The summed E-state index contributed by atoms with van der Waals surface area (Å²) in [5.41, 5.74) is 5.10. The van der Waals surface area contributed by atoms with Crippen molar-refractivity contribution in [3.8, 4) is 34.1 Å². The van der Waals surface area contributed by atoms with Crippen molar-refractivity contribution in [2.75, 3.05) is 7.11 Å². The van der Waals surface area contributed by atoms with Crippen LogP contribution in [0.3, 0.4) is 0 Å². The lowest BCUT2D eigenvalue weighted by Crippen LogP contribution is -1.99. The Kier molecular flexibility index (Phi) is 6.65. The predicted molar refractivity (Wildman–Crippen MR) is 119 cm³/mol. The minimum Gasteiger partial charge on any atom is -0.496 e. The third-order valence-electron chi connectivity index (χ3n) is 4.67. The fourth-order valence-corrected chi connectivity index (χ4v) is 3.07. The first-order valence-corrected chi connectivity index (χ1v) is 9.45. The number of hydrogen-bond donors (Lipinski definition) is 1. The van der Waals surface area contributed by atoms with E-state index in [2.05, 4.69) is 19.9 Å². The highest BCUT2D eigenvalue weighted by Gasteiger charge is 2.16. The Balaban J connectivity index is 0.00000272. The van der Waals surface area contributed by atoms with Crippen molar-refractivity contribution in [2.24, 2.45) is 0 Å². The van der Waals surface area contributed by atoms with Gasteiger partial charge in [0, 0.05) is 35.3 Å². The van der Waals surface area contributed by atoms with Crippen LogP contribution in [0.25, 0.3) is 22.6 Å². The van der Waals surface area contributed by atoms with E-state index in [4.69, 9.17) is 9.47 Å². The Bertz CT molecular complexity index is 1160. The molecule has 0 saturated carbocycles. The largest absolute Gasteiger partial charge is 0.496 e. The number of pyridine rings is 2. The van der Waals surface area contributed by atoms with E-state index in [0.29, 0.717) is 29.5 Å². The summed E-state index contributed by atoms with van der Waals surface area (Å²) in [5, 5.41) is 0. The van der Waals surface area contributed by atoms with Crippen LogP contribution in [-0.4, -0.2) is 27.0 Å². The zero-order chi connectivity index (χ0) is 21.1. The highest BCUT2D eigenvalue weighted by atomic mass is 19.1. The van der Waals surface area contributed by atoms with E-state index in [1.165, 1.54) is 12.3 Å². The predicted octanol–water partition coefficient (Wildman–Crippen LogP) is 5.51. The Morgan fingerprint density at radius 3 is 2.52 bits per heavy atom. The van der Waals surface area contributed by atoms with Crippen molar-refractivity contribution in [1.82, 2.24) is 19.9 Å². The third-order valence-corrected chi connectivity index (χ3v) is 4.67. The second kappa shape index (κ2) is 9.38. The quantitative estimate of drug-likeness (QED) is 0.416. The molecule has 0 spiro atoms. The minimum absolute atomic E-state index is 0. The van der Waals surface area contributed by atoms with E-state index in [1.807, 2.05) is 50.4 Å². The van der Waals surface area contributed by atoms with E-state index >= 15 is 0 Å². The van der Waals surface area contributed by atoms with Gasteiger partial charge in [0.1, 0.15) is 23.9 Å². The van der Waals surface area contributed by atoms with E-state index in [1.54, 1.807) is 13.2 Å². The summed E-state index contributed by atoms with van der Waals surface area (Å²) in [4.78, 5) is 15.9. The number of aromatic amines is 1. The van der Waals surface area contributed by atoms with Crippen molar-refractivity contribution in [3.63, 3.8) is 0 Å². The van der Waals surface area contributed by atoms with Gasteiger partial charge >= 0.3 is 0 Å². The molecular weight excluding hydrogens is 395 g/mol. The van der Waals surface area contributed by atoms with Crippen LogP contribution in [0.5, 0.6) is 11.5 Å². The first-order valence-electron chi connectivity index (χ1n) is 9.45. The van der Waals surface area contributed by atoms with Gasteiger partial charge in [-0.05, 0) is 49.7 Å². The first kappa shape index (κ1) is 22.0. The lowest BCUT2D eigenvalue weighted by Gasteiger charge is -2.11. The van der Waals surface area contributed by atoms with E-state index in [9.17, 15) is 4.39 Å². The third kappa shape index (κ3) is 4.88. The molecule has 0 unspecified atom stereocenters. The molecule has 7 heteroatoms. The lowest BCUT2D eigenvalue weighted by atomic mass is 10.1. The molecule has 0 atom stereocenters. The molecule has 0 aliphatic rings. The number of ether oxygens (including phenoxy) is 2. The topological polar surface area (TPSA) is 72.9 Å². The molecule has 0 radical (unpaired) electrons. The van der Waals surface area contributed by atoms with Crippen LogP contribution in [0, 0.1) is 19.8 Å². The van der Waals surface area contributed by atoms with Crippen molar-refractivity contribution in [2.45, 2.75) is 27.9 Å². The van der Waals surface area contributed by atoms with Gasteiger partial charge in [-0.25, -0.2) is 9.97 Å². The monoisotopic (exact) mass is 420 g/mol. The molecule has 160 valence electrons. The number of aromatic nitrogens is 4. The second-order valence-corrected chi connectivity index (χ2v) is 6.91. The van der Waals surface area contributed by atoms with Crippen LogP contribution in [0.4, 0.5) is 4.39 Å². The SMILES string of the molecule is C.COc1cc(OCc2ccc(C)cn2)ccc1-c1nc(-c2ccc(F)nc2)[nH]c1C. The first-order chi connectivity index (χ1) is 14.5. The maximum atomic E-state index is 13.1. The summed E-state index contributed by atoms with van der Waals surface area (Å²) in [7, 11) is 1.61. The average molecular weight is 420 g/mol. The molecule has 0 amide bonds. The van der Waals surface area contributed by atoms with Crippen LogP contribution >= 0.6 is 0 Å². The van der Waals surface area contributed by atoms with Crippen LogP contribution in [0.15, 0.2) is 54.9 Å². The number of halogens is 1. The van der Waals surface area contributed by atoms with Crippen molar-refractivity contribution in [1.29, 1.82) is 0 Å². The number of methoxy groups -OCH3 is 1. The van der Waals surface area contributed by atoms with Crippen LogP contribution in [0.1, 0.15) is 24.4 Å². The molecule has 0 fully saturated rings. The van der Waals surface area contributed by atoms with Crippen LogP contribution in [0.2, 0.25) is 0 Å². The van der Waals surface area contributed by atoms with E-state index in [0.717, 1.165) is 28.2 Å². The maximum absolute atomic E-state index is 13.1. The number of rotatable bonds is 6. The van der Waals surface area contributed by atoms with Gasteiger partial charge in [-0.1, -0.05) is 13.5 Å². The molecule has 6 nitrogen and oxygen atoms in total. The Morgan fingerprint density at radius 2 is 1.84 bits per heavy atom. The molecule has 4 rings (SSSR count). The standard InChI is InChI=1S/C23H21FN4O2.CH4/c1-14-4-6-17(25-11-14)13-30-18-7-8-19(20(10-18)29-3)22-15(2)27-23(28-22)16-5-9-21(24)26-12-16;/h4-12H,13H2,1-3H3,(H,27,28);1H4. The molecule has 1 aromatic carbocycles. The zero-order valence-corrected chi connectivity index (χ0v) is 16.9. The van der Waals surface area contributed by atoms with Gasteiger partial charge in [-0.3, -0.25) is 4.98 Å². The van der Waals surface area contributed by atoms with Gasteiger partial charge in [-0.2, -0.15) is 4.39 Å². The van der Waals surface area contributed by atoms with Gasteiger partial charge in [0.15, 0.2) is 0 Å². The molecule has 0 aliphatic heterocycles. The summed E-state index contributed by atoms with van der Waals surface area (Å²) < 4.78 is 24.6. The highest BCUT2D eigenvalue weighted by molar-refractivity contribution is 5.73. The number of nitrogens with one attached hydrogen (secondary N) is 1. The van der Waals surface area contributed by atoms with Gasteiger partial charge < -0.3 is 14.5 Å². The maximum Gasteiger partial charge on any atom is 0.212 e. The second-order valence-electron chi connectivity index (χ2n) is 6.91. The number of H-pyrrole nitrogens is 1. The molecule has 31 heavy (non-hydrogen) atoms. The van der Waals surface area contributed by atoms with Crippen LogP contribution in [-0.2, 0) is 6.61 Å². The zero-order valence-electron chi connectivity index (χ0n) is 16.9. The van der Waals surface area contributed by atoms with Crippen molar-refractivity contribution >= 4 is 0 Å². The van der Waals surface area contributed by atoms with Gasteiger partial charge in [0.05, 0.1) is 18.5 Å². The molecular formula is C24H25FN4O2. The molecule has 1 N–H and O–H groups in total. The Labute approximate surface area is 181 Å². The smallest absolute Gasteiger partial charge is 0.212 e. The molecule has 4 aromatic rings. The molecule has 0 saturated heterocycles. The average Bonchev–Trinajstić information content (AvgIpc) is 3.15. The number of aryl methyl sites for hydroxylation is 2. The van der Waals surface area contributed by atoms with Crippen LogP contribution < -0.4 is 9.47 Å². The number of nitrogens with zero attached hydrogens (tertiary/aromatic N) is 3. The number of imidazole rings is 1. The van der Waals surface area contributed by atoms with Crippen molar-refractivity contribution in [3.05, 3.63) is 77.8 Å². The van der Waals surface area contributed by atoms with Gasteiger partial charge in [0.25, 0.3) is 0 Å². The Hall–Kier alpha value is -3.74. The molecule has 0 bridgehead atoms. The lowest BCUT2D eigenvalue weighted by molar-refractivity contribution is 0.299. The molecule has 3 heterocycles.